The Morgan fingerprint density at radius 2 is 2.42 bits per heavy atom. The summed E-state index contributed by atoms with van der Waals surface area (Å²) in [5, 5.41) is 0.166. The second-order valence-corrected chi connectivity index (χ2v) is 2.76. The normalized spacial score (nSPS) is 9.83. The number of carbonyl (C=O) groups is 1. The minimum Gasteiger partial charge on any atom is -0.366 e. The molecule has 0 saturated carbocycles. The summed E-state index contributed by atoms with van der Waals surface area (Å²) in [6.45, 7) is 1.97. The largest absolute Gasteiger partial charge is 0.366 e. The van der Waals surface area contributed by atoms with E-state index in [4.69, 9.17) is 17.3 Å². The molecular formula is C8H9ClN2O. The van der Waals surface area contributed by atoms with Gasteiger partial charge in [-0.15, -0.1) is 0 Å². The number of aryl methyl sites for hydroxylation is 1. The zero-order chi connectivity index (χ0) is 9.14. The van der Waals surface area contributed by atoms with Gasteiger partial charge in [-0.2, -0.15) is 0 Å². The fourth-order valence-electron chi connectivity index (χ4n) is 0.857. The summed E-state index contributed by atoms with van der Waals surface area (Å²) in [6.07, 6.45) is 2.44. The Bertz CT molecular complexity index is 312. The monoisotopic (exact) mass is 184 g/mol. The summed E-state index contributed by atoms with van der Waals surface area (Å²) in [5.41, 5.74) is 6.31. The van der Waals surface area contributed by atoms with Gasteiger partial charge >= 0.3 is 0 Å². The van der Waals surface area contributed by atoms with Gasteiger partial charge in [0, 0.05) is 6.20 Å². The maximum Gasteiger partial charge on any atom is 0.251 e. The van der Waals surface area contributed by atoms with E-state index < -0.39 is 5.91 Å². The molecule has 1 rings (SSSR count). The van der Waals surface area contributed by atoms with Crippen molar-refractivity contribution in [1.82, 2.24) is 4.98 Å². The first-order chi connectivity index (χ1) is 5.65. The first-order valence-electron chi connectivity index (χ1n) is 3.59. The molecule has 0 unspecified atom stereocenters. The molecule has 0 aromatic carbocycles. The van der Waals surface area contributed by atoms with E-state index in [-0.39, 0.29) is 10.7 Å². The van der Waals surface area contributed by atoms with Gasteiger partial charge in [0.2, 0.25) is 0 Å². The number of primary amides is 1. The molecule has 0 atom stereocenters. The van der Waals surface area contributed by atoms with E-state index in [1.807, 2.05) is 6.92 Å². The van der Waals surface area contributed by atoms with Gasteiger partial charge in [0.05, 0.1) is 5.56 Å². The molecule has 0 bridgehead atoms. The lowest BCUT2D eigenvalue weighted by molar-refractivity contribution is 0.1000. The lowest BCUT2D eigenvalue weighted by Crippen LogP contribution is -2.12. The summed E-state index contributed by atoms with van der Waals surface area (Å²) in [4.78, 5) is 14.6. The summed E-state index contributed by atoms with van der Waals surface area (Å²) >= 11 is 5.64. The Morgan fingerprint density at radius 3 is 2.92 bits per heavy atom. The zero-order valence-electron chi connectivity index (χ0n) is 6.67. The molecule has 0 saturated heterocycles. The number of pyridine rings is 1. The Balaban J connectivity index is 3.17. The second-order valence-electron chi connectivity index (χ2n) is 2.40. The predicted molar refractivity (Wildman–Crippen MR) is 47.1 cm³/mol. The number of aromatic nitrogens is 1. The number of halogens is 1. The quantitative estimate of drug-likeness (QED) is 0.707. The van der Waals surface area contributed by atoms with Crippen LogP contribution in [0.5, 0.6) is 0 Å². The third-order valence-electron chi connectivity index (χ3n) is 1.57. The van der Waals surface area contributed by atoms with Crippen molar-refractivity contribution in [2.45, 2.75) is 13.3 Å². The summed E-state index contributed by atoms with van der Waals surface area (Å²) in [7, 11) is 0. The SMILES string of the molecule is CCc1cnc(Cl)c(C(N)=O)c1. The number of nitrogens with zero attached hydrogens (tertiary/aromatic N) is 1. The van der Waals surface area contributed by atoms with Crippen LogP contribution in [0.25, 0.3) is 0 Å². The van der Waals surface area contributed by atoms with E-state index in [0.717, 1.165) is 12.0 Å². The van der Waals surface area contributed by atoms with Crippen molar-refractivity contribution in [1.29, 1.82) is 0 Å². The average molecular weight is 185 g/mol. The van der Waals surface area contributed by atoms with Crippen LogP contribution < -0.4 is 5.73 Å². The molecule has 1 heterocycles. The first kappa shape index (κ1) is 9.00. The molecule has 64 valence electrons. The van der Waals surface area contributed by atoms with Crippen molar-refractivity contribution in [3.8, 4) is 0 Å². The molecular weight excluding hydrogens is 176 g/mol. The van der Waals surface area contributed by atoms with Gasteiger partial charge in [0.15, 0.2) is 0 Å². The number of amides is 1. The van der Waals surface area contributed by atoms with Crippen molar-refractivity contribution in [3.63, 3.8) is 0 Å². The highest BCUT2D eigenvalue weighted by Gasteiger charge is 2.07. The minimum absolute atomic E-state index is 0.166. The number of rotatable bonds is 2. The first-order valence-corrected chi connectivity index (χ1v) is 3.97. The molecule has 1 aromatic rings. The van der Waals surface area contributed by atoms with Gasteiger partial charge in [-0.3, -0.25) is 4.79 Å². The summed E-state index contributed by atoms with van der Waals surface area (Å²) < 4.78 is 0. The van der Waals surface area contributed by atoms with Gasteiger partial charge in [-0.05, 0) is 18.1 Å². The van der Waals surface area contributed by atoms with Gasteiger partial charge in [0.1, 0.15) is 5.15 Å². The van der Waals surface area contributed by atoms with E-state index in [2.05, 4.69) is 4.98 Å². The Labute approximate surface area is 75.6 Å². The number of carbonyl (C=O) groups excluding carboxylic acids is 1. The van der Waals surface area contributed by atoms with Crippen LogP contribution in [-0.2, 0) is 6.42 Å². The Morgan fingerprint density at radius 1 is 1.75 bits per heavy atom. The van der Waals surface area contributed by atoms with Gasteiger partial charge in [0.25, 0.3) is 5.91 Å². The van der Waals surface area contributed by atoms with Crippen LogP contribution >= 0.6 is 11.6 Å². The van der Waals surface area contributed by atoms with E-state index >= 15 is 0 Å². The highest BCUT2D eigenvalue weighted by atomic mass is 35.5. The average Bonchev–Trinajstić information content (AvgIpc) is 2.05. The van der Waals surface area contributed by atoms with Crippen LogP contribution in [0.3, 0.4) is 0 Å². The molecule has 0 fully saturated rings. The van der Waals surface area contributed by atoms with E-state index in [0.29, 0.717) is 0 Å². The highest BCUT2D eigenvalue weighted by Crippen LogP contribution is 2.13. The second kappa shape index (κ2) is 3.54. The van der Waals surface area contributed by atoms with Crippen molar-refractivity contribution < 1.29 is 4.79 Å². The van der Waals surface area contributed by atoms with Crippen molar-refractivity contribution in [2.24, 2.45) is 5.73 Å². The topological polar surface area (TPSA) is 56.0 Å². The fourth-order valence-corrected chi connectivity index (χ4v) is 1.05. The van der Waals surface area contributed by atoms with Crippen LogP contribution in [0.4, 0.5) is 0 Å². The fraction of sp³-hybridized carbons (Fsp3) is 0.250. The van der Waals surface area contributed by atoms with Crippen molar-refractivity contribution in [2.75, 3.05) is 0 Å². The molecule has 4 heteroatoms. The van der Waals surface area contributed by atoms with Gasteiger partial charge in [-0.1, -0.05) is 18.5 Å². The van der Waals surface area contributed by atoms with E-state index in [1.165, 1.54) is 0 Å². The van der Waals surface area contributed by atoms with Crippen molar-refractivity contribution in [3.05, 3.63) is 28.5 Å². The number of hydrogen-bond donors (Lipinski definition) is 1. The maximum absolute atomic E-state index is 10.8. The molecule has 0 aliphatic rings. The van der Waals surface area contributed by atoms with Crippen LogP contribution in [0.2, 0.25) is 5.15 Å². The smallest absolute Gasteiger partial charge is 0.251 e. The van der Waals surface area contributed by atoms with Crippen LogP contribution in [0.15, 0.2) is 12.3 Å². The number of nitrogens with two attached hydrogens (primary N) is 1. The molecule has 0 aliphatic carbocycles. The molecule has 0 aliphatic heterocycles. The van der Waals surface area contributed by atoms with Crippen LogP contribution in [0.1, 0.15) is 22.8 Å². The zero-order valence-corrected chi connectivity index (χ0v) is 7.43. The molecule has 3 nitrogen and oxygen atoms in total. The van der Waals surface area contributed by atoms with Crippen LogP contribution in [-0.4, -0.2) is 10.9 Å². The molecule has 2 N–H and O–H groups in total. The predicted octanol–water partition coefficient (Wildman–Crippen LogP) is 1.40. The standard InChI is InChI=1S/C8H9ClN2O/c1-2-5-3-6(8(10)12)7(9)11-4-5/h3-4H,2H2,1H3,(H2,10,12). The van der Waals surface area contributed by atoms with Gasteiger partial charge < -0.3 is 5.73 Å². The Kier molecular flexibility index (Phi) is 2.65. The molecule has 0 radical (unpaired) electrons. The molecule has 1 aromatic heterocycles. The van der Waals surface area contributed by atoms with Crippen molar-refractivity contribution >= 4 is 17.5 Å². The summed E-state index contributed by atoms with van der Waals surface area (Å²) in [6, 6.07) is 1.66. The lowest BCUT2D eigenvalue weighted by atomic mass is 10.1. The molecule has 1 amide bonds. The van der Waals surface area contributed by atoms with E-state index in [1.54, 1.807) is 12.3 Å². The Hall–Kier alpha value is -1.09. The third kappa shape index (κ3) is 1.74. The molecule has 12 heavy (non-hydrogen) atoms. The minimum atomic E-state index is -0.539. The van der Waals surface area contributed by atoms with Gasteiger partial charge in [-0.25, -0.2) is 4.98 Å². The van der Waals surface area contributed by atoms with Crippen LogP contribution in [0, 0.1) is 0 Å². The third-order valence-corrected chi connectivity index (χ3v) is 1.87. The highest BCUT2D eigenvalue weighted by molar-refractivity contribution is 6.32. The maximum atomic E-state index is 10.8. The lowest BCUT2D eigenvalue weighted by Gasteiger charge is -2.00. The van der Waals surface area contributed by atoms with E-state index in [9.17, 15) is 4.79 Å². The summed E-state index contributed by atoms with van der Waals surface area (Å²) in [5.74, 6) is -0.539. The molecule has 0 spiro atoms. The number of hydrogen-bond acceptors (Lipinski definition) is 2.